The van der Waals surface area contributed by atoms with Gasteiger partial charge in [0.05, 0.1) is 34.8 Å². The molecule has 242 valence electrons. The molecular formula is C34H30N8O5S. The molecule has 1 atom stereocenters. The Morgan fingerprint density at radius 1 is 1.00 bits per heavy atom. The van der Waals surface area contributed by atoms with Crippen LogP contribution in [0.4, 0.5) is 11.5 Å². The molecule has 4 N–H and O–H groups in total. The highest BCUT2D eigenvalue weighted by molar-refractivity contribution is 7.92. The largest absolute Gasteiger partial charge is 0.508 e. The summed E-state index contributed by atoms with van der Waals surface area (Å²) in [4.78, 5) is 25.9. The van der Waals surface area contributed by atoms with Crippen LogP contribution in [-0.2, 0) is 10.0 Å². The molecule has 4 aromatic heterocycles. The number of aromatic nitrogens is 6. The van der Waals surface area contributed by atoms with Gasteiger partial charge in [0, 0.05) is 24.0 Å². The number of ether oxygens (including phenoxy) is 1. The molecule has 0 aliphatic carbocycles. The predicted octanol–water partition coefficient (Wildman–Crippen LogP) is 5.42. The molecule has 0 bridgehead atoms. The topological polar surface area (TPSA) is 169 Å². The Morgan fingerprint density at radius 2 is 1.77 bits per heavy atom. The number of nitrogens with one attached hydrogen (secondary N) is 3. The summed E-state index contributed by atoms with van der Waals surface area (Å²) < 4.78 is 37.2. The summed E-state index contributed by atoms with van der Waals surface area (Å²) in [5, 5.41) is 19.5. The zero-order chi connectivity index (χ0) is 33.6. The van der Waals surface area contributed by atoms with E-state index < -0.39 is 16.1 Å². The summed E-state index contributed by atoms with van der Waals surface area (Å²) in [6.07, 6.45) is 4.87. The molecule has 0 radical (unpaired) electrons. The average Bonchev–Trinajstić information content (AvgIpc) is 3.69. The summed E-state index contributed by atoms with van der Waals surface area (Å²) in [7, 11) is -2.48. The number of fused-ring (bicyclic) bond motifs is 2. The van der Waals surface area contributed by atoms with Crippen molar-refractivity contribution in [3.05, 3.63) is 119 Å². The summed E-state index contributed by atoms with van der Waals surface area (Å²) in [6.45, 7) is 3.75. The molecule has 3 aromatic carbocycles. The van der Waals surface area contributed by atoms with Crippen molar-refractivity contribution in [2.45, 2.75) is 24.8 Å². The lowest BCUT2D eigenvalue weighted by atomic mass is 10.0. The minimum atomic E-state index is -3.98. The first-order valence-corrected chi connectivity index (χ1v) is 16.4. The minimum Gasteiger partial charge on any atom is -0.508 e. The third kappa shape index (κ3) is 5.47. The van der Waals surface area contributed by atoms with E-state index in [-0.39, 0.29) is 21.9 Å². The molecule has 0 spiro atoms. The first-order chi connectivity index (χ1) is 23.1. The van der Waals surface area contributed by atoms with E-state index in [1.54, 1.807) is 39.7 Å². The Bertz CT molecular complexity index is 2470. The maximum absolute atomic E-state index is 13.8. The molecular weight excluding hydrogens is 632 g/mol. The number of aromatic amines is 1. The van der Waals surface area contributed by atoms with Gasteiger partial charge in [-0.3, -0.25) is 14.1 Å². The van der Waals surface area contributed by atoms with E-state index in [2.05, 4.69) is 25.0 Å². The number of methoxy groups -OCH3 is 1. The van der Waals surface area contributed by atoms with Crippen molar-refractivity contribution < 1.29 is 18.3 Å². The van der Waals surface area contributed by atoms with Gasteiger partial charge in [-0.1, -0.05) is 18.2 Å². The molecule has 0 saturated carbocycles. The number of rotatable bonds is 9. The lowest BCUT2D eigenvalue weighted by Gasteiger charge is -2.20. The van der Waals surface area contributed by atoms with Gasteiger partial charge in [0.2, 0.25) is 0 Å². The number of H-pyrrole nitrogens is 1. The van der Waals surface area contributed by atoms with E-state index in [9.17, 15) is 18.3 Å². The van der Waals surface area contributed by atoms with Crippen molar-refractivity contribution in [3.8, 4) is 28.3 Å². The number of benzene rings is 3. The van der Waals surface area contributed by atoms with Gasteiger partial charge >= 0.3 is 0 Å². The molecule has 7 aromatic rings. The number of aryl methyl sites for hydroxylation is 1. The van der Waals surface area contributed by atoms with Crippen molar-refractivity contribution in [2.24, 2.45) is 0 Å². The first-order valence-electron chi connectivity index (χ1n) is 14.9. The van der Waals surface area contributed by atoms with Crippen LogP contribution in [0.25, 0.3) is 33.4 Å². The Labute approximate surface area is 274 Å². The highest BCUT2D eigenvalue weighted by Gasteiger charge is 2.23. The molecule has 0 aliphatic heterocycles. The monoisotopic (exact) mass is 662 g/mol. The Kier molecular flexibility index (Phi) is 7.56. The van der Waals surface area contributed by atoms with Crippen LogP contribution in [0.1, 0.15) is 24.4 Å². The van der Waals surface area contributed by atoms with Gasteiger partial charge in [-0.25, -0.2) is 22.9 Å². The predicted molar refractivity (Wildman–Crippen MR) is 182 cm³/mol. The number of para-hydroxylation sites is 1. The minimum absolute atomic E-state index is 0.0324. The molecule has 0 amide bonds. The number of phenols is 1. The lowest BCUT2D eigenvalue weighted by molar-refractivity contribution is 0.414. The van der Waals surface area contributed by atoms with Crippen LogP contribution in [-0.4, -0.2) is 49.8 Å². The molecule has 0 unspecified atom stereocenters. The highest BCUT2D eigenvalue weighted by Crippen LogP contribution is 2.37. The van der Waals surface area contributed by atoms with Crippen LogP contribution in [0.5, 0.6) is 11.5 Å². The van der Waals surface area contributed by atoms with Crippen molar-refractivity contribution in [1.29, 1.82) is 0 Å². The Morgan fingerprint density at radius 3 is 2.52 bits per heavy atom. The fourth-order valence-corrected chi connectivity index (χ4v) is 6.74. The van der Waals surface area contributed by atoms with E-state index in [0.29, 0.717) is 50.8 Å². The molecule has 0 saturated heterocycles. The van der Waals surface area contributed by atoms with E-state index in [1.807, 2.05) is 50.2 Å². The second kappa shape index (κ2) is 11.9. The van der Waals surface area contributed by atoms with Crippen molar-refractivity contribution in [3.63, 3.8) is 0 Å². The molecule has 14 heteroatoms. The van der Waals surface area contributed by atoms with E-state index in [4.69, 9.17) is 9.84 Å². The van der Waals surface area contributed by atoms with Gasteiger partial charge < -0.3 is 20.1 Å². The average molecular weight is 663 g/mol. The summed E-state index contributed by atoms with van der Waals surface area (Å²) in [5.41, 5.74) is 3.52. The fraction of sp³-hybridized carbons (Fsp3) is 0.118. The Balaban J connectivity index is 1.28. The van der Waals surface area contributed by atoms with Crippen LogP contribution in [0.15, 0.2) is 107 Å². The maximum Gasteiger partial charge on any atom is 0.282 e. The van der Waals surface area contributed by atoms with Gasteiger partial charge in [0.25, 0.3) is 15.6 Å². The van der Waals surface area contributed by atoms with Crippen molar-refractivity contribution >= 4 is 38.1 Å². The SMILES string of the molecule is COc1ccc(S(=O)(=O)Nc2cc(O)cc(-c3c[nH]c4ncnc(N[C@@H](C)c5nn6ccc(C)c6c(=O)n5-c5ccccc5)c34)c2)cc1. The summed E-state index contributed by atoms with van der Waals surface area (Å²) in [5.74, 6) is 1.25. The zero-order valence-corrected chi connectivity index (χ0v) is 26.9. The van der Waals surface area contributed by atoms with Gasteiger partial charge in [0.1, 0.15) is 34.8 Å². The molecule has 0 fully saturated rings. The van der Waals surface area contributed by atoms with Crippen LogP contribution < -0.4 is 20.3 Å². The number of hydrogen-bond acceptors (Lipinski definition) is 9. The van der Waals surface area contributed by atoms with Crippen molar-refractivity contribution in [1.82, 2.24) is 29.1 Å². The number of anilines is 2. The lowest BCUT2D eigenvalue weighted by Crippen LogP contribution is -2.29. The molecule has 0 aliphatic rings. The van der Waals surface area contributed by atoms with Crippen molar-refractivity contribution in [2.75, 3.05) is 17.1 Å². The first kappa shape index (κ1) is 30.5. The molecule has 13 nitrogen and oxygen atoms in total. The second-order valence-corrected chi connectivity index (χ2v) is 12.9. The number of aromatic hydroxyl groups is 1. The third-order valence-corrected chi connectivity index (χ3v) is 9.39. The van der Waals surface area contributed by atoms with Crippen LogP contribution >= 0.6 is 0 Å². The van der Waals surface area contributed by atoms with E-state index >= 15 is 0 Å². The second-order valence-electron chi connectivity index (χ2n) is 11.2. The summed E-state index contributed by atoms with van der Waals surface area (Å²) >= 11 is 0. The fourth-order valence-electron chi connectivity index (χ4n) is 5.70. The number of nitrogens with zero attached hydrogens (tertiary/aromatic N) is 5. The van der Waals surface area contributed by atoms with Gasteiger partial charge in [-0.2, -0.15) is 5.10 Å². The standard InChI is InChI=1S/C34H30N8O5S/c1-20-13-14-41-30(20)34(44)42(24-7-5-4-6-8-24)33(39-41)21(2)38-32-29-28(18-35-31(29)36-19-37-32)22-15-23(17-25(43)16-22)40-48(45,46)27-11-9-26(47-3)10-12-27/h4-19,21,40,43H,1-3H3,(H2,35,36,37,38)/t21-/m0/s1. The number of sulfonamides is 1. The van der Waals surface area contributed by atoms with Crippen LogP contribution in [0.3, 0.4) is 0 Å². The quantitative estimate of drug-likeness (QED) is 0.158. The smallest absolute Gasteiger partial charge is 0.282 e. The van der Waals surface area contributed by atoms with Gasteiger partial charge in [-0.15, -0.1) is 0 Å². The molecule has 4 heterocycles. The zero-order valence-electron chi connectivity index (χ0n) is 26.0. The molecule has 7 rings (SSSR count). The Hall–Kier alpha value is -6.15. The number of hydrogen-bond donors (Lipinski definition) is 4. The molecule has 48 heavy (non-hydrogen) atoms. The normalized spacial score (nSPS) is 12.3. The van der Waals surface area contributed by atoms with Crippen LogP contribution in [0.2, 0.25) is 0 Å². The van der Waals surface area contributed by atoms with E-state index in [1.165, 1.54) is 37.7 Å². The van der Waals surface area contributed by atoms with Crippen LogP contribution in [0, 0.1) is 6.92 Å². The van der Waals surface area contributed by atoms with Gasteiger partial charge in [-0.05, 0) is 79.6 Å². The highest BCUT2D eigenvalue weighted by atomic mass is 32.2. The third-order valence-electron chi connectivity index (χ3n) is 7.99. The number of phenolic OH excluding ortho intramolecular Hbond substituents is 1. The summed E-state index contributed by atoms with van der Waals surface area (Å²) in [6, 6.07) is 21.1. The maximum atomic E-state index is 13.8. The van der Waals surface area contributed by atoms with Gasteiger partial charge in [0.15, 0.2) is 5.82 Å². The van der Waals surface area contributed by atoms with E-state index in [0.717, 1.165) is 5.56 Å².